The highest BCUT2D eigenvalue weighted by Crippen LogP contribution is 2.25. The maximum atomic E-state index is 3.39. The Labute approximate surface area is 74.2 Å². The van der Waals surface area contributed by atoms with E-state index in [0.717, 1.165) is 5.92 Å². The van der Waals surface area contributed by atoms with Crippen LogP contribution in [0.4, 0.5) is 0 Å². The molecule has 0 fully saturated rings. The lowest BCUT2D eigenvalue weighted by Crippen LogP contribution is -1.93. The van der Waals surface area contributed by atoms with Crippen LogP contribution in [-0.4, -0.2) is 4.98 Å². The van der Waals surface area contributed by atoms with E-state index in [4.69, 9.17) is 0 Å². The molecule has 0 saturated carbocycles. The van der Waals surface area contributed by atoms with Gasteiger partial charge in [-0.1, -0.05) is 6.92 Å². The van der Waals surface area contributed by atoms with Crippen molar-refractivity contribution in [2.45, 2.75) is 39.5 Å². The summed E-state index contributed by atoms with van der Waals surface area (Å²) in [6.45, 7) is 4.58. The SMILES string of the molecule is Cc1c[nH]c2c1CCC(C)CC2. The number of H-pyrrole nitrogens is 1. The largest absolute Gasteiger partial charge is 0.364 e. The smallest absolute Gasteiger partial charge is 0.0182 e. The quantitative estimate of drug-likeness (QED) is 0.566. The molecule has 1 aliphatic carbocycles. The fraction of sp³-hybridized carbons (Fsp3) is 0.636. The average Bonchev–Trinajstić information content (AvgIpc) is 2.28. The van der Waals surface area contributed by atoms with E-state index in [-0.39, 0.29) is 0 Å². The van der Waals surface area contributed by atoms with E-state index in [1.54, 1.807) is 5.56 Å². The van der Waals surface area contributed by atoms with Crippen LogP contribution in [0.15, 0.2) is 6.20 Å². The first-order valence-electron chi connectivity index (χ1n) is 4.93. The van der Waals surface area contributed by atoms with Crippen molar-refractivity contribution in [2.24, 2.45) is 5.92 Å². The van der Waals surface area contributed by atoms with Crippen LogP contribution in [0.5, 0.6) is 0 Å². The van der Waals surface area contributed by atoms with Gasteiger partial charge in [-0.3, -0.25) is 0 Å². The molecule has 0 spiro atoms. The Morgan fingerprint density at radius 2 is 2.08 bits per heavy atom. The summed E-state index contributed by atoms with van der Waals surface area (Å²) in [6.07, 6.45) is 7.41. The van der Waals surface area contributed by atoms with Crippen LogP contribution >= 0.6 is 0 Å². The Bertz CT molecular complexity index is 273. The van der Waals surface area contributed by atoms with Gasteiger partial charge in [0.1, 0.15) is 0 Å². The maximum Gasteiger partial charge on any atom is 0.0182 e. The topological polar surface area (TPSA) is 15.8 Å². The lowest BCUT2D eigenvalue weighted by molar-refractivity contribution is 0.508. The molecular formula is C11H17N. The number of nitrogens with one attached hydrogen (secondary N) is 1. The monoisotopic (exact) mass is 163 g/mol. The van der Waals surface area contributed by atoms with Crippen LogP contribution in [0.25, 0.3) is 0 Å². The minimum absolute atomic E-state index is 0.908. The summed E-state index contributed by atoms with van der Waals surface area (Å²) in [5, 5.41) is 0. The van der Waals surface area contributed by atoms with Crippen molar-refractivity contribution in [2.75, 3.05) is 0 Å². The molecule has 0 aliphatic heterocycles. The Balaban J connectivity index is 2.28. The second-order valence-corrected chi connectivity index (χ2v) is 4.11. The van der Waals surface area contributed by atoms with Gasteiger partial charge in [0.25, 0.3) is 0 Å². The molecule has 1 aliphatic rings. The molecule has 1 N–H and O–H groups in total. The Hall–Kier alpha value is -0.720. The zero-order chi connectivity index (χ0) is 8.55. The molecule has 0 amide bonds. The zero-order valence-electron chi connectivity index (χ0n) is 7.98. The van der Waals surface area contributed by atoms with E-state index in [0.29, 0.717) is 0 Å². The molecule has 1 heterocycles. The molecule has 66 valence electrons. The number of aryl methyl sites for hydroxylation is 2. The highest BCUT2D eigenvalue weighted by molar-refractivity contribution is 5.30. The Morgan fingerprint density at radius 1 is 1.33 bits per heavy atom. The fourth-order valence-electron chi connectivity index (χ4n) is 2.10. The summed E-state index contributed by atoms with van der Waals surface area (Å²) in [4.78, 5) is 3.39. The summed E-state index contributed by atoms with van der Waals surface area (Å²) < 4.78 is 0. The fourth-order valence-corrected chi connectivity index (χ4v) is 2.10. The highest BCUT2D eigenvalue weighted by Gasteiger charge is 2.14. The normalized spacial score (nSPS) is 23.3. The van der Waals surface area contributed by atoms with Gasteiger partial charge in [0.05, 0.1) is 0 Å². The van der Waals surface area contributed by atoms with Gasteiger partial charge < -0.3 is 4.98 Å². The van der Waals surface area contributed by atoms with Crippen molar-refractivity contribution in [1.82, 2.24) is 4.98 Å². The van der Waals surface area contributed by atoms with Gasteiger partial charge >= 0.3 is 0 Å². The van der Waals surface area contributed by atoms with Gasteiger partial charge in [-0.05, 0) is 49.7 Å². The van der Waals surface area contributed by atoms with Crippen LogP contribution < -0.4 is 0 Å². The van der Waals surface area contributed by atoms with E-state index in [1.807, 2.05) is 0 Å². The number of aromatic nitrogens is 1. The summed E-state index contributed by atoms with van der Waals surface area (Å²) in [6, 6.07) is 0. The van der Waals surface area contributed by atoms with Crippen molar-refractivity contribution in [3.05, 3.63) is 23.0 Å². The lowest BCUT2D eigenvalue weighted by atomic mass is 10.0. The van der Waals surface area contributed by atoms with Crippen LogP contribution in [0, 0.1) is 12.8 Å². The molecular weight excluding hydrogens is 146 g/mol. The molecule has 2 rings (SSSR count). The molecule has 1 nitrogen and oxygen atoms in total. The number of fused-ring (bicyclic) bond motifs is 1. The second kappa shape index (κ2) is 2.96. The minimum Gasteiger partial charge on any atom is -0.364 e. The van der Waals surface area contributed by atoms with Crippen molar-refractivity contribution < 1.29 is 0 Å². The number of aromatic amines is 1. The summed E-state index contributed by atoms with van der Waals surface area (Å²) in [5.41, 5.74) is 4.55. The van der Waals surface area contributed by atoms with Crippen LogP contribution in [0.2, 0.25) is 0 Å². The first-order valence-corrected chi connectivity index (χ1v) is 4.93. The van der Waals surface area contributed by atoms with Crippen LogP contribution in [0.3, 0.4) is 0 Å². The Kier molecular flexibility index (Phi) is 1.95. The van der Waals surface area contributed by atoms with Gasteiger partial charge in [-0.15, -0.1) is 0 Å². The van der Waals surface area contributed by atoms with E-state index >= 15 is 0 Å². The predicted molar refractivity (Wildman–Crippen MR) is 51.3 cm³/mol. The summed E-state index contributed by atoms with van der Waals surface area (Å²) in [5.74, 6) is 0.908. The third-order valence-electron chi connectivity index (χ3n) is 3.08. The summed E-state index contributed by atoms with van der Waals surface area (Å²) >= 11 is 0. The van der Waals surface area contributed by atoms with E-state index in [9.17, 15) is 0 Å². The maximum absolute atomic E-state index is 3.39. The molecule has 0 radical (unpaired) electrons. The predicted octanol–water partition coefficient (Wildman–Crippen LogP) is 2.84. The number of hydrogen-bond donors (Lipinski definition) is 1. The van der Waals surface area contributed by atoms with E-state index < -0.39 is 0 Å². The third-order valence-corrected chi connectivity index (χ3v) is 3.08. The lowest BCUT2D eigenvalue weighted by Gasteiger charge is -2.04. The molecule has 12 heavy (non-hydrogen) atoms. The van der Waals surface area contributed by atoms with Crippen LogP contribution in [-0.2, 0) is 12.8 Å². The van der Waals surface area contributed by atoms with E-state index in [1.165, 1.54) is 36.9 Å². The van der Waals surface area contributed by atoms with Crippen molar-refractivity contribution in [3.8, 4) is 0 Å². The molecule has 1 unspecified atom stereocenters. The van der Waals surface area contributed by atoms with Gasteiger partial charge in [0.15, 0.2) is 0 Å². The molecule has 1 heteroatoms. The molecule has 0 saturated heterocycles. The summed E-state index contributed by atoms with van der Waals surface area (Å²) in [7, 11) is 0. The Morgan fingerprint density at radius 3 is 2.92 bits per heavy atom. The minimum atomic E-state index is 0.908. The first-order chi connectivity index (χ1) is 5.77. The molecule has 1 aromatic rings. The standard InChI is InChI=1S/C11H17N/c1-8-3-5-10-9(2)7-12-11(10)6-4-8/h7-8,12H,3-6H2,1-2H3. The highest BCUT2D eigenvalue weighted by atomic mass is 14.7. The number of rotatable bonds is 0. The molecule has 1 atom stereocenters. The zero-order valence-corrected chi connectivity index (χ0v) is 7.98. The first kappa shape index (κ1) is 7.90. The average molecular weight is 163 g/mol. The number of hydrogen-bond acceptors (Lipinski definition) is 0. The molecule has 0 aromatic carbocycles. The van der Waals surface area contributed by atoms with Crippen molar-refractivity contribution in [3.63, 3.8) is 0 Å². The van der Waals surface area contributed by atoms with Gasteiger partial charge in [0.2, 0.25) is 0 Å². The molecule has 0 bridgehead atoms. The van der Waals surface area contributed by atoms with Gasteiger partial charge in [-0.2, -0.15) is 0 Å². The van der Waals surface area contributed by atoms with Crippen LogP contribution in [0.1, 0.15) is 36.6 Å². The van der Waals surface area contributed by atoms with Crippen molar-refractivity contribution >= 4 is 0 Å². The van der Waals surface area contributed by atoms with Crippen molar-refractivity contribution in [1.29, 1.82) is 0 Å². The third kappa shape index (κ3) is 1.28. The van der Waals surface area contributed by atoms with Gasteiger partial charge in [0, 0.05) is 11.9 Å². The van der Waals surface area contributed by atoms with E-state index in [2.05, 4.69) is 25.0 Å². The van der Waals surface area contributed by atoms with Gasteiger partial charge in [-0.25, -0.2) is 0 Å². The molecule has 1 aromatic heterocycles. The second-order valence-electron chi connectivity index (χ2n) is 4.11.